The Hall–Kier alpha value is -1.32. The maximum absolute atomic E-state index is 12.5. The molecule has 2 atom stereocenters. The summed E-state index contributed by atoms with van der Waals surface area (Å²) >= 11 is 0. The van der Waals surface area contributed by atoms with E-state index in [1.54, 1.807) is 12.1 Å². The summed E-state index contributed by atoms with van der Waals surface area (Å²) in [7, 11) is 0. The summed E-state index contributed by atoms with van der Waals surface area (Å²) in [6, 6.07) is 5.63. The summed E-state index contributed by atoms with van der Waals surface area (Å²) in [5.41, 5.74) is 0.720. The number of hydrogen-bond acceptors (Lipinski definition) is 1. The topological polar surface area (TPSA) is 12.4 Å². The van der Waals surface area contributed by atoms with Crippen molar-refractivity contribution in [2.24, 2.45) is 10.4 Å². The summed E-state index contributed by atoms with van der Waals surface area (Å²) in [6.45, 7) is 0.893. The van der Waals surface area contributed by atoms with Crippen molar-refractivity contribution in [1.29, 1.82) is 0 Å². The van der Waals surface area contributed by atoms with Gasteiger partial charge in [-0.15, -0.1) is 0 Å². The second-order valence-corrected chi connectivity index (χ2v) is 5.39. The highest BCUT2D eigenvalue weighted by Crippen LogP contribution is 2.48. The molecule has 1 heterocycles. The summed E-state index contributed by atoms with van der Waals surface area (Å²) in [5, 5.41) is 0. The molecule has 3 rings (SSSR count). The zero-order valence-corrected chi connectivity index (χ0v) is 9.87. The van der Waals surface area contributed by atoms with Gasteiger partial charge in [0.25, 0.3) is 0 Å². The molecule has 0 saturated heterocycles. The van der Waals surface area contributed by atoms with Crippen molar-refractivity contribution in [2.45, 2.75) is 31.4 Å². The van der Waals surface area contributed by atoms with E-state index in [0.29, 0.717) is 5.92 Å². The highest BCUT2D eigenvalue weighted by Gasteiger charge is 2.41. The molecule has 2 unspecified atom stereocenters. The number of benzene rings is 1. The Morgan fingerprint density at radius 2 is 1.83 bits per heavy atom. The number of halogens is 3. The quantitative estimate of drug-likeness (QED) is 0.716. The highest BCUT2D eigenvalue weighted by molar-refractivity contribution is 5.72. The van der Waals surface area contributed by atoms with E-state index in [1.807, 2.05) is 6.21 Å². The Labute approximate surface area is 104 Å². The van der Waals surface area contributed by atoms with Gasteiger partial charge < -0.3 is 0 Å². The van der Waals surface area contributed by atoms with Gasteiger partial charge in [-0.3, -0.25) is 4.99 Å². The lowest BCUT2D eigenvalue weighted by Crippen LogP contribution is -2.30. The molecule has 96 valence electrons. The lowest BCUT2D eigenvalue weighted by Gasteiger charge is -2.29. The van der Waals surface area contributed by atoms with Crippen molar-refractivity contribution in [1.82, 2.24) is 0 Å². The zero-order valence-electron chi connectivity index (χ0n) is 9.87. The van der Waals surface area contributed by atoms with E-state index in [1.165, 1.54) is 12.1 Å². The maximum atomic E-state index is 12.5. The number of alkyl halides is 3. The van der Waals surface area contributed by atoms with E-state index in [9.17, 15) is 13.2 Å². The van der Waals surface area contributed by atoms with Gasteiger partial charge in [-0.2, -0.15) is 13.2 Å². The van der Waals surface area contributed by atoms with E-state index in [4.69, 9.17) is 0 Å². The molecule has 1 aromatic carbocycles. The summed E-state index contributed by atoms with van der Waals surface area (Å²) in [4.78, 5) is 4.15. The first kappa shape index (κ1) is 11.8. The molecule has 1 aliphatic carbocycles. The van der Waals surface area contributed by atoms with Gasteiger partial charge in [0.15, 0.2) is 0 Å². The molecule has 1 aromatic rings. The second kappa shape index (κ2) is 3.84. The third-order valence-corrected chi connectivity index (χ3v) is 4.12. The van der Waals surface area contributed by atoms with Gasteiger partial charge in [0.2, 0.25) is 0 Å². The predicted molar refractivity (Wildman–Crippen MR) is 63.8 cm³/mol. The molecule has 1 spiro atoms. The summed E-state index contributed by atoms with van der Waals surface area (Å²) in [5.74, 6) is 0.388. The minimum Gasteiger partial charge on any atom is -0.296 e. The predicted octanol–water partition coefficient (Wildman–Crippen LogP) is 4.04. The lowest BCUT2D eigenvalue weighted by molar-refractivity contribution is -0.137. The van der Waals surface area contributed by atoms with E-state index >= 15 is 0 Å². The fourth-order valence-electron chi connectivity index (χ4n) is 3.00. The van der Waals surface area contributed by atoms with Crippen LogP contribution in [0.5, 0.6) is 0 Å². The Kier molecular flexibility index (Phi) is 2.50. The summed E-state index contributed by atoms with van der Waals surface area (Å²) < 4.78 is 37.4. The third kappa shape index (κ3) is 1.93. The van der Waals surface area contributed by atoms with Crippen LogP contribution in [0.25, 0.3) is 0 Å². The molecular weight excluding hydrogens is 239 g/mol. The monoisotopic (exact) mass is 253 g/mol. The van der Waals surface area contributed by atoms with Crippen molar-refractivity contribution in [3.05, 3.63) is 35.4 Å². The van der Waals surface area contributed by atoms with Crippen molar-refractivity contribution < 1.29 is 13.2 Å². The van der Waals surface area contributed by atoms with Crippen molar-refractivity contribution in [2.75, 3.05) is 6.54 Å². The van der Waals surface area contributed by atoms with Crippen LogP contribution in [0.4, 0.5) is 13.2 Å². The molecule has 1 nitrogen and oxygen atoms in total. The molecule has 0 bridgehead atoms. The van der Waals surface area contributed by atoms with Crippen LogP contribution >= 0.6 is 0 Å². The molecule has 0 N–H and O–H groups in total. The summed E-state index contributed by atoms with van der Waals surface area (Å²) in [6.07, 6.45) is 0.981. The Balaban J connectivity index is 1.76. The minimum atomic E-state index is -4.24. The maximum Gasteiger partial charge on any atom is 0.416 e. The van der Waals surface area contributed by atoms with E-state index in [2.05, 4.69) is 4.99 Å². The standard InChI is InChI=1S/C14H14F3N/c15-14(16,17)12-3-1-10(2-4-12)11-5-6-13(7-11)8-18-9-13/h1-4,8,11H,5-7,9H2. The van der Waals surface area contributed by atoms with Crippen molar-refractivity contribution in [3.8, 4) is 0 Å². The number of hydrogen-bond donors (Lipinski definition) is 0. The van der Waals surface area contributed by atoms with Crippen molar-refractivity contribution >= 4 is 6.21 Å². The molecule has 1 fully saturated rings. The molecular formula is C14H14F3N. The van der Waals surface area contributed by atoms with Gasteiger partial charge in [-0.25, -0.2) is 0 Å². The molecule has 2 aliphatic rings. The Morgan fingerprint density at radius 1 is 1.17 bits per heavy atom. The van der Waals surface area contributed by atoms with Crippen LogP contribution < -0.4 is 0 Å². The minimum absolute atomic E-state index is 0.257. The lowest BCUT2D eigenvalue weighted by atomic mass is 9.82. The number of nitrogens with zero attached hydrogens (tertiary/aromatic N) is 1. The second-order valence-electron chi connectivity index (χ2n) is 5.39. The van der Waals surface area contributed by atoms with Crippen LogP contribution in [0.3, 0.4) is 0 Å². The highest BCUT2D eigenvalue weighted by atomic mass is 19.4. The molecule has 0 radical (unpaired) electrons. The van der Waals surface area contributed by atoms with Gasteiger partial charge in [0, 0.05) is 18.2 Å². The first-order valence-electron chi connectivity index (χ1n) is 6.17. The average Bonchev–Trinajstić information content (AvgIpc) is 2.73. The van der Waals surface area contributed by atoms with Crippen LogP contribution in [-0.4, -0.2) is 12.8 Å². The van der Waals surface area contributed by atoms with E-state index < -0.39 is 11.7 Å². The fourth-order valence-corrected chi connectivity index (χ4v) is 3.00. The van der Waals surface area contributed by atoms with Crippen LogP contribution in [0, 0.1) is 5.41 Å². The molecule has 1 saturated carbocycles. The first-order valence-corrected chi connectivity index (χ1v) is 6.17. The van der Waals surface area contributed by atoms with Gasteiger partial charge >= 0.3 is 6.18 Å². The Bertz CT molecular complexity index is 475. The van der Waals surface area contributed by atoms with Crippen LogP contribution in [0.1, 0.15) is 36.3 Å². The molecule has 1 aliphatic heterocycles. The molecule has 0 aromatic heterocycles. The largest absolute Gasteiger partial charge is 0.416 e. The average molecular weight is 253 g/mol. The number of rotatable bonds is 1. The van der Waals surface area contributed by atoms with Crippen LogP contribution in [0.15, 0.2) is 29.3 Å². The Morgan fingerprint density at radius 3 is 2.28 bits per heavy atom. The van der Waals surface area contributed by atoms with Crippen LogP contribution in [-0.2, 0) is 6.18 Å². The van der Waals surface area contributed by atoms with Crippen LogP contribution in [0.2, 0.25) is 0 Å². The normalized spacial score (nSPS) is 30.7. The molecule has 18 heavy (non-hydrogen) atoms. The third-order valence-electron chi connectivity index (χ3n) is 4.12. The fraction of sp³-hybridized carbons (Fsp3) is 0.500. The molecule has 0 amide bonds. The van der Waals surface area contributed by atoms with Gasteiger partial charge in [-0.1, -0.05) is 12.1 Å². The SMILES string of the molecule is FC(F)(F)c1ccc(C2CCC3(C=NC3)C2)cc1. The molecule has 4 heteroatoms. The van der Waals surface area contributed by atoms with Gasteiger partial charge in [0.1, 0.15) is 0 Å². The van der Waals surface area contributed by atoms with E-state index in [0.717, 1.165) is 31.4 Å². The first-order chi connectivity index (χ1) is 8.49. The van der Waals surface area contributed by atoms with Gasteiger partial charge in [-0.05, 0) is 42.9 Å². The zero-order chi connectivity index (χ0) is 12.8. The smallest absolute Gasteiger partial charge is 0.296 e. The van der Waals surface area contributed by atoms with E-state index in [-0.39, 0.29) is 5.41 Å². The number of aliphatic imine (C=N–C) groups is 1. The van der Waals surface area contributed by atoms with Crippen molar-refractivity contribution in [3.63, 3.8) is 0 Å². The van der Waals surface area contributed by atoms with Gasteiger partial charge in [0.05, 0.1) is 5.56 Å².